The zero-order valence-electron chi connectivity index (χ0n) is 11.4. The molecule has 0 aromatic heterocycles. The molecule has 4 heteroatoms. The lowest BCUT2D eigenvalue weighted by atomic mass is 9.96. The second-order valence-corrected chi connectivity index (χ2v) is 5.67. The lowest BCUT2D eigenvalue weighted by Gasteiger charge is -2.34. The van der Waals surface area contributed by atoms with Crippen LogP contribution in [0.4, 0.5) is 0 Å². The minimum absolute atomic E-state index is 0.101. The zero-order valence-corrected chi connectivity index (χ0v) is 11.4. The molecule has 1 aliphatic carbocycles. The highest BCUT2D eigenvalue weighted by atomic mass is 16.5. The van der Waals surface area contributed by atoms with E-state index in [4.69, 9.17) is 4.74 Å². The maximum atomic E-state index is 12.2. The highest BCUT2D eigenvalue weighted by Gasteiger charge is 2.35. The molecule has 1 unspecified atom stereocenters. The van der Waals surface area contributed by atoms with Crippen molar-refractivity contribution in [3.8, 4) is 0 Å². The third-order valence-corrected chi connectivity index (χ3v) is 4.15. The van der Waals surface area contributed by atoms with Crippen molar-refractivity contribution in [2.45, 2.75) is 63.6 Å². The van der Waals surface area contributed by atoms with E-state index in [-0.39, 0.29) is 12.0 Å². The van der Waals surface area contributed by atoms with Gasteiger partial charge in [0.25, 0.3) is 0 Å². The number of amides is 1. The molecule has 4 nitrogen and oxygen atoms in total. The molecule has 1 saturated heterocycles. The number of hydrogen-bond donors (Lipinski definition) is 1. The van der Waals surface area contributed by atoms with E-state index >= 15 is 0 Å². The standard InChI is InChI=1S/C14H25NO3/c1-2-18-12-6-5-9-15(11-12)13(16)10-14(17)7-3-4-8-14/h12,17H,2-11H2,1H3. The van der Waals surface area contributed by atoms with Crippen molar-refractivity contribution in [2.24, 2.45) is 0 Å². The summed E-state index contributed by atoms with van der Waals surface area (Å²) in [6.07, 6.45) is 6.19. The van der Waals surface area contributed by atoms with Crippen molar-refractivity contribution in [1.29, 1.82) is 0 Å². The van der Waals surface area contributed by atoms with E-state index in [0.29, 0.717) is 19.6 Å². The fourth-order valence-corrected chi connectivity index (χ4v) is 3.14. The van der Waals surface area contributed by atoms with Crippen LogP contribution in [0.2, 0.25) is 0 Å². The first-order chi connectivity index (χ1) is 8.63. The van der Waals surface area contributed by atoms with Crippen LogP contribution in [0, 0.1) is 0 Å². The van der Waals surface area contributed by atoms with Crippen LogP contribution in [0.1, 0.15) is 51.9 Å². The Labute approximate surface area is 109 Å². The molecule has 1 heterocycles. The van der Waals surface area contributed by atoms with E-state index in [1.54, 1.807) is 0 Å². The van der Waals surface area contributed by atoms with Crippen LogP contribution in [-0.4, -0.2) is 47.3 Å². The monoisotopic (exact) mass is 255 g/mol. The van der Waals surface area contributed by atoms with E-state index in [2.05, 4.69) is 0 Å². The molecule has 0 bridgehead atoms. The number of carbonyl (C=O) groups is 1. The molecule has 1 N–H and O–H groups in total. The number of carbonyl (C=O) groups excluding carboxylic acids is 1. The van der Waals surface area contributed by atoms with Gasteiger partial charge in [-0.2, -0.15) is 0 Å². The van der Waals surface area contributed by atoms with Gasteiger partial charge in [0.2, 0.25) is 5.91 Å². The number of piperidine rings is 1. The summed E-state index contributed by atoms with van der Waals surface area (Å²) in [4.78, 5) is 14.1. The van der Waals surface area contributed by atoms with Gasteiger partial charge in [0, 0.05) is 19.7 Å². The molecular weight excluding hydrogens is 230 g/mol. The van der Waals surface area contributed by atoms with Gasteiger partial charge >= 0.3 is 0 Å². The Balaban J connectivity index is 1.84. The Morgan fingerprint density at radius 2 is 2.11 bits per heavy atom. The van der Waals surface area contributed by atoms with Crippen molar-refractivity contribution in [3.05, 3.63) is 0 Å². The number of nitrogens with zero attached hydrogens (tertiary/aromatic N) is 1. The fourth-order valence-electron chi connectivity index (χ4n) is 3.14. The van der Waals surface area contributed by atoms with Gasteiger partial charge < -0.3 is 14.7 Å². The Hall–Kier alpha value is -0.610. The molecule has 1 atom stereocenters. The van der Waals surface area contributed by atoms with Crippen LogP contribution in [0.3, 0.4) is 0 Å². The molecule has 0 aromatic carbocycles. The summed E-state index contributed by atoms with van der Waals surface area (Å²) in [6.45, 7) is 4.21. The molecule has 104 valence electrons. The van der Waals surface area contributed by atoms with Crippen LogP contribution >= 0.6 is 0 Å². The largest absolute Gasteiger partial charge is 0.389 e. The molecule has 2 aliphatic rings. The van der Waals surface area contributed by atoms with E-state index in [1.165, 1.54) is 0 Å². The van der Waals surface area contributed by atoms with Crippen LogP contribution in [0.15, 0.2) is 0 Å². The van der Waals surface area contributed by atoms with E-state index < -0.39 is 5.60 Å². The Bertz CT molecular complexity index is 285. The average Bonchev–Trinajstić information content (AvgIpc) is 2.76. The number of rotatable bonds is 4. The number of ether oxygens (including phenoxy) is 1. The number of hydrogen-bond acceptors (Lipinski definition) is 3. The molecular formula is C14H25NO3. The smallest absolute Gasteiger partial charge is 0.225 e. The second kappa shape index (κ2) is 6.02. The lowest BCUT2D eigenvalue weighted by Crippen LogP contribution is -2.45. The summed E-state index contributed by atoms with van der Waals surface area (Å²) in [7, 11) is 0. The minimum Gasteiger partial charge on any atom is -0.389 e. The summed E-state index contributed by atoms with van der Waals surface area (Å²) in [5.41, 5.74) is -0.727. The third-order valence-electron chi connectivity index (χ3n) is 4.15. The Morgan fingerprint density at radius 3 is 2.78 bits per heavy atom. The molecule has 1 aliphatic heterocycles. The zero-order chi connectivity index (χ0) is 13.0. The SMILES string of the molecule is CCOC1CCCN(C(=O)CC2(O)CCCC2)C1. The first kappa shape index (κ1) is 13.8. The third kappa shape index (κ3) is 3.45. The predicted octanol–water partition coefficient (Wildman–Crippen LogP) is 1.71. The average molecular weight is 255 g/mol. The predicted molar refractivity (Wildman–Crippen MR) is 69.3 cm³/mol. The van der Waals surface area contributed by atoms with Crippen LogP contribution < -0.4 is 0 Å². The number of likely N-dealkylation sites (tertiary alicyclic amines) is 1. The van der Waals surface area contributed by atoms with Crippen LogP contribution in [0.25, 0.3) is 0 Å². The summed E-state index contributed by atoms with van der Waals surface area (Å²) in [6, 6.07) is 0. The van der Waals surface area contributed by atoms with E-state index in [9.17, 15) is 9.90 Å². The Morgan fingerprint density at radius 1 is 1.39 bits per heavy atom. The summed E-state index contributed by atoms with van der Waals surface area (Å²) >= 11 is 0. The van der Waals surface area contributed by atoms with Crippen molar-refractivity contribution >= 4 is 5.91 Å². The highest BCUT2D eigenvalue weighted by Crippen LogP contribution is 2.33. The normalized spacial score (nSPS) is 27.4. The lowest BCUT2D eigenvalue weighted by molar-refractivity contribution is -0.140. The first-order valence-corrected chi connectivity index (χ1v) is 7.25. The molecule has 1 saturated carbocycles. The molecule has 2 rings (SSSR count). The number of aliphatic hydroxyl groups is 1. The van der Waals surface area contributed by atoms with Crippen molar-refractivity contribution in [3.63, 3.8) is 0 Å². The van der Waals surface area contributed by atoms with Crippen molar-refractivity contribution in [1.82, 2.24) is 4.90 Å². The Kier molecular flexibility index (Phi) is 4.62. The molecule has 0 spiro atoms. The van der Waals surface area contributed by atoms with Crippen LogP contribution in [-0.2, 0) is 9.53 Å². The van der Waals surface area contributed by atoms with E-state index in [1.807, 2.05) is 11.8 Å². The molecule has 18 heavy (non-hydrogen) atoms. The fraction of sp³-hybridized carbons (Fsp3) is 0.929. The summed E-state index contributed by atoms with van der Waals surface area (Å²) in [5.74, 6) is 0.101. The molecule has 0 aromatic rings. The quantitative estimate of drug-likeness (QED) is 0.832. The van der Waals surface area contributed by atoms with Gasteiger partial charge in [0.1, 0.15) is 0 Å². The minimum atomic E-state index is -0.727. The van der Waals surface area contributed by atoms with Crippen molar-refractivity contribution in [2.75, 3.05) is 19.7 Å². The maximum Gasteiger partial charge on any atom is 0.225 e. The molecule has 1 amide bonds. The van der Waals surface area contributed by atoms with Gasteiger partial charge in [-0.15, -0.1) is 0 Å². The van der Waals surface area contributed by atoms with Gasteiger partial charge in [-0.3, -0.25) is 4.79 Å². The molecule has 2 fully saturated rings. The maximum absolute atomic E-state index is 12.2. The van der Waals surface area contributed by atoms with Gasteiger partial charge in [-0.05, 0) is 32.6 Å². The van der Waals surface area contributed by atoms with Gasteiger partial charge in [0.05, 0.1) is 18.1 Å². The van der Waals surface area contributed by atoms with Crippen molar-refractivity contribution < 1.29 is 14.6 Å². The van der Waals surface area contributed by atoms with Gasteiger partial charge in [-0.25, -0.2) is 0 Å². The second-order valence-electron chi connectivity index (χ2n) is 5.67. The first-order valence-electron chi connectivity index (χ1n) is 7.25. The summed E-state index contributed by atoms with van der Waals surface area (Å²) in [5, 5.41) is 10.3. The van der Waals surface area contributed by atoms with Crippen LogP contribution in [0.5, 0.6) is 0 Å². The van der Waals surface area contributed by atoms with Gasteiger partial charge in [-0.1, -0.05) is 12.8 Å². The molecule has 0 radical (unpaired) electrons. The van der Waals surface area contributed by atoms with E-state index in [0.717, 1.165) is 45.1 Å². The highest BCUT2D eigenvalue weighted by molar-refractivity contribution is 5.77. The summed E-state index contributed by atoms with van der Waals surface area (Å²) < 4.78 is 5.60. The van der Waals surface area contributed by atoms with Gasteiger partial charge in [0.15, 0.2) is 0 Å². The topological polar surface area (TPSA) is 49.8 Å².